The zero-order valence-electron chi connectivity index (χ0n) is 8.47. The number of carbonyl (C=O) groups is 3. The molecule has 3 N–H and O–H groups in total. The van der Waals surface area contributed by atoms with Gasteiger partial charge in [-0.05, 0) is 36.0 Å². The lowest BCUT2D eigenvalue weighted by atomic mass is 10.2. The largest absolute Gasteiger partial charge is 0.478 e. The molecule has 0 aliphatic carbocycles. The molecule has 1 aromatic carbocycles. The Hall–Kier alpha value is -2.02. The first-order chi connectivity index (χ1) is 8.06. The van der Waals surface area contributed by atoms with E-state index in [0.717, 1.165) is 11.8 Å². The van der Waals surface area contributed by atoms with Crippen LogP contribution in [0.25, 0.3) is 0 Å². The molecule has 17 heavy (non-hydrogen) atoms. The summed E-state index contributed by atoms with van der Waals surface area (Å²) in [4.78, 5) is 32.8. The van der Waals surface area contributed by atoms with Crippen LogP contribution in [-0.4, -0.2) is 27.6 Å². The van der Waals surface area contributed by atoms with Gasteiger partial charge in [-0.2, -0.15) is 0 Å². The van der Waals surface area contributed by atoms with Crippen LogP contribution in [0, 0.1) is 0 Å². The van der Waals surface area contributed by atoms with Crippen molar-refractivity contribution in [2.75, 3.05) is 5.32 Å². The summed E-state index contributed by atoms with van der Waals surface area (Å²) in [7, 11) is 0. The molecule has 0 saturated carbocycles. The highest BCUT2D eigenvalue weighted by Crippen LogP contribution is 2.21. The van der Waals surface area contributed by atoms with Gasteiger partial charge in [-0.3, -0.25) is 14.9 Å². The van der Waals surface area contributed by atoms with E-state index in [9.17, 15) is 14.4 Å². The van der Waals surface area contributed by atoms with Crippen molar-refractivity contribution >= 4 is 34.6 Å². The van der Waals surface area contributed by atoms with E-state index >= 15 is 0 Å². The number of carboxylic acids is 1. The summed E-state index contributed by atoms with van der Waals surface area (Å²) >= 11 is 0.852. The summed E-state index contributed by atoms with van der Waals surface area (Å²) in [6.07, 6.45) is 0. The number of amides is 2. The smallest absolute Gasteiger partial charge is 0.335 e. The van der Waals surface area contributed by atoms with Crippen molar-refractivity contribution in [2.24, 2.45) is 0 Å². The first-order valence-electron chi connectivity index (χ1n) is 4.67. The van der Waals surface area contributed by atoms with Crippen LogP contribution in [0.4, 0.5) is 10.5 Å². The van der Waals surface area contributed by atoms with E-state index in [-0.39, 0.29) is 5.56 Å². The zero-order chi connectivity index (χ0) is 12.4. The summed E-state index contributed by atoms with van der Waals surface area (Å²) in [5.41, 5.74) is 0.743. The molecule has 7 heteroatoms. The Labute approximate surface area is 100 Å². The molecule has 0 aromatic heterocycles. The van der Waals surface area contributed by atoms with Crippen molar-refractivity contribution in [3.05, 3.63) is 29.8 Å². The zero-order valence-corrected chi connectivity index (χ0v) is 9.28. The number of benzene rings is 1. The van der Waals surface area contributed by atoms with Gasteiger partial charge in [-0.25, -0.2) is 4.79 Å². The summed E-state index contributed by atoms with van der Waals surface area (Å²) in [5.74, 6) is -1.41. The van der Waals surface area contributed by atoms with Crippen molar-refractivity contribution in [1.82, 2.24) is 5.32 Å². The average molecular weight is 252 g/mol. The number of hydrogen-bond donors (Lipinski definition) is 3. The standard InChI is InChI=1S/C10H8N2O4S/c13-7-8(17-10(16)12-7)11-6-3-1-5(2-4-6)9(14)15/h1-4,8,11H,(H,14,15)(H,12,13,16). The van der Waals surface area contributed by atoms with Gasteiger partial charge < -0.3 is 10.4 Å². The van der Waals surface area contributed by atoms with Gasteiger partial charge in [0.1, 0.15) is 0 Å². The van der Waals surface area contributed by atoms with Gasteiger partial charge >= 0.3 is 5.97 Å². The van der Waals surface area contributed by atoms with Gasteiger partial charge in [0.2, 0.25) is 0 Å². The second kappa shape index (κ2) is 4.46. The molecule has 88 valence electrons. The summed E-state index contributed by atoms with van der Waals surface area (Å²) in [6.45, 7) is 0. The Balaban J connectivity index is 2.07. The third kappa shape index (κ3) is 2.56. The molecular weight excluding hydrogens is 244 g/mol. The molecule has 0 spiro atoms. The van der Waals surface area contributed by atoms with Crippen molar-refractivity contribution in [1.29, 1.82) is 0 Å². The molecule has 1 aliphatic rings. The highest BCUT2D eigenvalue weighted by atomic mass is 32.2. The van der Waals surface area contributed by atoms with Crippen LogP contribution in [0.3, 0.4) is 0 Å². The van der Waals surface area contributed by atoms with Crippen LogP contribution in [0.1, 0.15) is 10.4 Å². The van der Waals surface area contributed by atoms with E-state index in [0.29, 0.717) is 5.69 Å². The third-order valence-corrected chi connectivity index (χ3v) is 3.00. The molecule has 1 saturated heterocycles. The van der Waals surface area contributed by atoms with Crippen molar-refractivity contribution in [3.63, 3.8) is 0 Å². The lowest BCUT2D eigenvalue weighted by molar-refractivity contribution is -0.118. The van der Waals surface area contributed by atoms with Crippen LogP contribution in [0.5, 0.6) is 0 Å². The highest BCUT2D eigenvalue weighted by molar-refractivity contribution is 8.15. The SMILES string of the molecule is O=C1NC(=O)C(Nc2ccc(C(=O)O)cc2)S1. The molecular formula is C10H8N2O4S. The summed E-state index contributed by atoms with van der Waals surface area (Å²) < 4.78 is 0. The topological polar surface area (TPSA) is 95.5 Å². The molecule has 0 radical (unpaired) electrons. The molecule has 1 fully saturated rings. The number of hydrogen-bond acceptors (Lipinski definition) is 5. The van der Waals surface area contributed by atoms with E-state index < -0.39 is 22.5 Å². The second-order valence-corrected chi connectivity index (χ2v) is 4.38. The van der Waals surface area contributed by atoms with E-state index in [1.807, 2.05) is 0 Å². The minimum atomic E-state index is -1.01. The van der Waals surface area contributed by atoms with Crippen LogP contribution in [-0.2, 0) is 4.79 Å². The minimum absolute atomic E-state index is 0.162. The monoisotopic (exact) mass is 252 g/mol. The second-order valence-electron chi connectivity index (χ2n) is 3.30. The predicted molar refractivity (Wildman–Crippen MR) is 61.9 cm³/mol. The van der Waals surface area contributed by atoms with Gasteiger partial charge in [-0.1, -0.05) is 0 Å². The molecule has 1 heterocycles. The number of rotatable bonds is 3. The molecule has 2 amide bonds. The van der Waals surface area contributed by atoms with Crippen LogP contribution in [0.15, 0.2) is 24.3 Å². The van der Waals surface area contributed by atoms with Crippen LogP contribution >= 0.6 is 11.8 Å². The Morgan fingerprint density at radius 3 is 2.41 bits per heavy atom. The number of nitrogens with one attached hydrogen (secondary N) is 2. The number of anilines is 1. The Bertz CT molecular complexity index is 486. The van der Waals surface area contributed by atoms with Gasteiger partial charge in [0.25, 0.3) is 11.1 Å². The van der Waals surface area contributed by atoms with Crippen molar-refractivity contribution in [2.45, 2.75) is 5.37 Å². The maximum Gasteiger partial charge on any atom is 0.335 e. The molecule has 2 rings (SSSR count). The normalized spacial score (nSPS) is 18.9. The fourth-order valence-electron chi connectivity index (χ4n) is 1.31. The van der Waals surface area contributed by atoms with Gasteiger partial charge in [0.15, 0.2) is 5.37 Å². The molecule has 1 atom stereocenters. The Kier molecular flexibility index (Phi) is 3.01. The first kappa shape index (κ1) is 11.5. The highest BCUT2D eigenvalue weighted by Gasteiger charge is 2.31. The quantitative estimate of drug-likeness (QED) is 0.745. The fourth-order valence-corrected chi connectivity index (χ4v) is 2.05. The summed E-state index contributed by atoms with van der Waals surface area (Å²) in [5, 5.41) is 12.6. The minimum Gasteiger partial charge on any atom is -0.478 e. The predicted octanol–water partition coefficient (Wildman–Crippen LogP) is 1.11. The third-order valence-electron chi connectivity index (χ3n) is 2.12. The van der Waals surface area contributed by atoms with E-state index in [1.54, 1.807) is 12.1 Å². The Morgan fingerprint density at radius 2 is 1.94 bits per heavy atom. The number of carbonyl (C=O) groups excluding carboxylic acids is 2. The van der Waals surface area contributed by atoms with E-state index in [2.05, 4.69) is 10.6 Å². The first-order valence-corrected chi connectivity index (χ1v) is 5.55. The number of imide groups is 1. The lowest BCUT2D eigenvalue weighted by Gasteiger charge is -2.09. The van der Waals surface area contributed by atoms with Crippen molar-refractivity contribution in [3.8, 4) is 0 Å². The maximum atomic E-state index is 11.3. The van der Waals surface area contributed by atoms with Crippen LogP contribution < -0.4 is 10.6 Å². The summed E-state index contributed by atoms with van der Waals surface area (Å²) in [6, 6.07) is 5.92. The molecule has 6 nitrogen and oxygen atoms in total. The number of carboxylic acid groups (broad SMARTS) is 1. The lowest BCUT2D eigenvalue weighted by Crippen LogP contribution is -2.29. The van der Waals surface area contributed by atoms with E-state index in [1.165, 1.54) is 12.1 Å². The molecule has 1 aromatic rings. The van der Waals surface area contributed by atoms with Crippen molar-refractivity contribution < 1.29 is 19.5 Å². The van der Waals surface area contributed by atoms with Crippen LogP contribution in [0.2, 0.25) is 0 Å². The molecule has 0 bridgehead atoms. The van der Waals surface area contributed by atoms with Gasteiger partial charge in [-0.15, -0.1) is 0 Å². The van der Waals surface area contributed by atoms with Gasteiger partial charge in [0, 0.05) is 5.69 Å². The average Bonchev–Trinajstić information content (AvgIpc) is 2.58. The number of aromatic carboxylic acids is 1. The van der Waals surface area contributed by atoms with E-state index in [4.69, 9.17) is 5.11 Å². The molecule has 1 aliphatic heterocycles. The van der Waals surface area contributed by atoms with Gasteiger partial charge in [0.05, 0.1) is 5.56 Å². The Morgan fingerprint density at radius 1 is 1.29 bits per heavy atom. The number of thioether (sulfide) groups is 1. The fraction of sp³-hybridized carbons (Fsp3) is 0.100. The maximum absolute atomic E-state index is 11.3. The molecule has 1 unspecified atom stereocenters.